The van der Waals surface area contributed by atoms with Gasteiger partial charge >= 0.3 is 0 Å². The van der Waals surface area contributed by atoms with E-state index in [1.807, 2.05) is 31.4 Å². The maximum atomic E-state index is 5.43. The van der Waals surface area contributed by atoms with Crippen LogP contribution in [-0.2, 0) is 7.05 Å². The quantitative estimate of drug-likeness (QED) is 0.495. The lowest BCUT2D eigenvalue weighted by molar-refractivity contribution is 0.324. The highest BCUT2D eigenvalue weighted by Crippen LogP contribution is 2.41. The number of hydrogen-bond acceptors (Lipinski definition) is 5. The van der Waals surface area contributed by atoms with Crippen molar-refractivity contribution in [1.82, 2.24) is 19.7 Å². The summed E-state index contributed by atoms with van der Waals surface area (Å²) in [6.07, 6.45) is 2.04. The van der Waals surface area contributed by atoms with Gasteiger partial charge in [-0.15, -0.1) is 0 Å². The Hall–Kier alpha value is -3.00. The molecule has 0 radical (unpaired) electrons. The van der Waals surface area contributed by atoms with Gasteiger partial charge in [0.25, 0.3) is 0 Å². The zero-order valence-electron chi connectivity index (χ0n) is 15.9. The van der Waals surface area contributed by atoms with Gasteiger partial charge in [0.15, 0.2) is 23.1 Å². The molecular formula is C20H19BrN4O3. The SMILES string of the molecule is COc1cc(-c2n[nH]c(-c3cn(C)c4ccc(Br)cc34)n2)cc(OC)c1OC. The second-order valence-electron chi connectivity index (χ2n) is 6.24. The van der Waals surface area contributed by atoms with Crippen molar-refractivity contribution in [3.63, 3.8) is 0 Å². The summed E-state index contributed by atoms with van der Waals surface area (Å²) in [5.74, 6) is 2.87. The number of nitrogens with zero attached hydrogens (tertiary/aromatic N) is 3. The van der Waals surface area contributed by atoms with E-state index in [1.165, 1.54) is 0 Å². The number of halogens is 1. The lowest BCUT2D eigenvalue weighted by atomic mass is 10.1. The number of benzene rings is 2. The van der Waals surface area contributed by atoms with Crippen LogP contribution in [0, 0.1) is 0 Å². The van der Waals surface area contributed by atoms with Crippen molar-refractivity contribution in [1.29, 1.82) is 0 Å². The summed E-state index contributed by atoms with van der Waals surface area (Å²) in [6, 6.07) is 9.82. The fourth-order valence-electron chi connectivity index (χ4n) is 3.27. The van der Waals surface area contributed by atoms with Gasteiger partial charge in [-0.1, -0.05) is 15.9 Å². The Bertz CT molecular complexity index is 1140. The zero-order valence-corrected chi connectivity index (χ0v) is 17.5. The van der Waals surface area contributed by atoms with Crippen molar-refractivity contribution in [3.05, 3.63) is 41.0 Å². The number of aromatic amines is 1. The van der Waals surface area contributed by atoms with E-state index < -0.39 is 0 Å². The van der Waals surface area contributed by atoms with Crippen LogP contribution in [0.25, 0.3) is 33.7 Å². The van der Waals surface area contributed by atoms with Crippen LogP contribution in [0.3, 0.4) is 0 Å². The second kappa shape index (κ2) is 7.20. The van der Waals surface area contributed by atoms with E-state index in [9.17, 15) is 0 Å². The van der Waals surface area contributed by atoms with E-state index in [1.54, 1.807) is 21.3 Å². The largest absolute Gasteiger partial charge is 0.493 e. The van der Waals surface area contributed by atoms with Crippen LogP contribution in [0.4, 0.5) is 0 Å². The molecule has 0 spiro atoms. The summed E-state index contributed by atoms with van der Waals surface area (Å²) in [6.45, 7) is 0. The third-order valence-corrected chi connectivity index (χ3v) is 5.11. The molecule has 28 heavy (non-hydrogen) atoms. The highest BCUT2D eigenvalue weighted by molar-refractivity contribution is 9.10. The van der Waals surface area contributed by atoms with Crippen LogP contribution in [-0.4, -0.2) is 41.1 Å². The third kappa shape index (κ3) is 2.99. The Morgan fingerprint density at radius 2 is 1.71 bits per heavy atom. The fourth-order valence-corrected chi connectivity index (χ4v) is 3.64. The number of fused-ring (bicyclic) bond motifs is 1. The molecule has 4 rings (SSSR count). The molecule has 0 saturated carbocycles. The van der Waals surface area contributed by atoms with Crippen LogP contribution >= 0.6 is 15.9 Å². The van der Waals surface area contributed by atoms with Crippen LogP contribution < -0.4 is 14.2 Å². The Morgan fingerprint density at radius 3 is 2.36 bits per heavy atom. The molecule has 2 aromatic heterocycles. The summed E-state index contributed by atoms with van der Waals surface area (Å²) in [5.41, 5.74) is 2.85. The van der Waals surface area contributed by atoms with Crippen LogP contribution in [0.2, 0.25) is 0 Å². The predicted octanol–water partition coefficient (Wildman–Crippen LogP) is 4.42. The number of H-pyrrole nitrogens is 1. The molecular weight excluding hydrogens is 424 g/mol. The standard InChI is InChI=1S/C20H19BrN4O3/c1-25-10-14(13-9-12(21)5-6-15(13)25)20-22-19(23-24-20)11-7-16(26-2)18(28-4)17(8-11)27-3/h5-10H,1-4H3,(H,22,23,24). The number of hydrogen-bond donors (Lipinski definition) is 1. The van der Waals surface area contributed by atoms with Gasteiger partial charge in [0.2, 0.25) is 5.75 Å². The Kier molecular flexibility index (Phi) is 4.72. The van der Waals surface area contributed by atoms with Gasteiger partial charge in [-0.3, -0.25) is 5.10 Å². The Labute approximate surface area is 170 Å². The summed E-state index contributed by atoms with van der Waals surface area (Å²) < 4.78 is 19.3. The molecule has 2 heterocycles. The van der Waals surface area contributed by atoms with Gasteiger partial charge in [-0.05, 0) is 30.3 Å². The molecule has 0 atom stereocenters. The van der Waals surface area contributed by atoms with Gasteiger partial charge < -0.3 is 18.8 Å². The Morgan fingerprint density at radius 1 is 1.00 bits per heavy atom. The number of ether oxygens (including phenoxy) is 3. The number of aromatic nitrogens is 4. The van der Waals surface area contributed by atoms with Gasteiger partial charge in [-0.25, -0.2) is 4.98 Å². The molecule has 2 aromatic carbocycles. The van der Waals surface area contributed by atoms with E-state index in [0.29, 0.717) is 28.9 Å². The number of rotatable bonds is 5. The molecule has 0 bridgehead atoms. The van der Waals surface area contributed by atoms with E-state index >= 15 is 0 Å². The first-order chi connectivity index (χ1) is 13.5. The summed E-state index contributed by atoms with van der Waals surface area (Å²) in [4.78, 5) is 4.70. The van der Waals surface area contributed by atoms with Crippen molar-refractivity contribution in [2.24, 2.45) is 7.05 Å². The van der Waals surface area contributed by atoms with Gasteiger partial charge in [0, 0.05) is 39.7 Å². The van der Waals surface area contributed by atoms with Crippen LogP contribution in [0.1, 0.15) is 0 Å². The van der Waals surface area contributed by atoms with Crippen molar-refractivity contribution in [3.8, 4) is 40.0 Å². The third-order valence-electron chi connectivity index (χ3n) is 4.61. The van der Waals surface area contributed by atoms with E-state index in [-0.39, 0.29) is 0 Å². The summed E-state index contributed by atoms with van der Waals surface area (Å²) in [5, 5.41) is 8.53. The highest BCUT2D eigenvalue weighted by Gasteiger charge is 2.18. The topological polar surface area (TPSA) is 74.2 Å². The van der Waals surface area contributed by atoms with Crippen molar-refractivity contribution >= 4 is 26.8 Å². The lowest BCUT2D eigenvalue weighted by Crippen LogP contribution is -1.96. The van der Waals surface area contributed by atoms with Crippen molar-refractivity contribution in [2.75, 3.05) is 21.3 Å². The monoisotopic (exact) mass is 442 g/mol. The molecule has 144 valence electrons. The molecule has 0 aliphatic carbocycles. The Balaban J connectivity index is 1.82. The van der Waals surface area contributed by atoms with Crippen LogP contribution in [0.15, 0.2) is 41.0 Å². The molecule has 1 N–H and O–H groups in total. The minimum Gasteiger partial charge on any atom is -0.493 e. The van der Waals surface area contributed by atoms with E-state index in [4.69, 9.17) is 19.2 Å². The number of aryl methyl sites for hydroxylation is 1. The molecule has 4 aromatic rings. The van der Waals surface area contributed by atoms with Gasteiger partial charge in [-0.2, -0.15) is 5.10 Å². The minimum atomic E-state index is 0.531. The van der Waals surface area contributed by atoms with E-state index in [2.05, 4.69) is 42.8 Å². The average Bonchev–Trinajstić information content (AvgIpc) is 3.31. The second-order valence-corrected chi connectivity index (χ2v) is 7.15. The molecule has 0 aliphatic heterocycles. The maximum Gasteiger partial charge on any atom is 0.203 e. The van der Waals surface area contributed by atoms with Crippen LogP contribution in [0.5, 0.6) is 17.2 Å². The lowest BCUT2D eigenvalue weighted by Gasteiger charge is -2.12. The van der Waals surface area contributed by atoms with Gasteiger partial charge in [0.1, 0.15) is 0 Å². The normalized spacial score (nSPS) is 11.0. The number of nitrogens with one attached hydrogen (secondary N) is 1. The molecule has 8 heteroatoms. The summed E-state index contributed by atoms with van der Waals surface area (Å²) >= 11 is 3.54. The molecule has 0 fully saturated rings. The zero-order chi connectivity index (χ0) is 19.8. The smallest absolute Gasteiger partial charge is 0.203 e. The van der Waals surface area contributed by atoms with Gasteiger partial charge in [0.05, 0.1) is 21.3 Å². The van der Waals surface area contributed by atoms with E-state index in [0.717, 1.165) is 26.5 Å². The molecule has 0 aliphatic rings. The number of methoxy groups -OCH3 is 3. The van der Waals surface area contributed by atoms with Crippen molar-refractivity contribution < 1.29 is 14.2 Å². The van der Waals surface area contributed by atoms with Crippen molar-refractivity contribution in [2.45, 2.75) is 0 Å². The predicted molar refractivity (Wildman–Crippen MR) is 111 cm³/mol. The average molecular weight is 443 g/mol. The molecule has 7 nitrogen and oxygen atoms in total. The first-order valence-electron chi connectivity index (χ1n) is 8.53. The molecule has 0 unspecified atom stereocenters. The first kappa shape index (κ1) is 18.4. The molecule has 0 amide bonds. The fraction of sp³-hybridized carbons (Fsp3) is 0.200. The first-order valence-corrected chi connectivity index (χ1v) is 9.32. The maximum absolute atomic E-state index is 5.43. The summed E-state index contributed by atoms with van der Waals surface area (Å²) in [7, 11) is 6.75. The molecule has 0 saturated heterocycles. The minimum absolute atomic E-state index is 0.531. The highest BCUT2D eigenvalue weighted by atomic mass is 79.9.